The molecular weight excluding hydrogens is 208 g/mol. The van der Waals surface area contributed by atoms with Crippen molar-refractivity contribution in [1.29, 1.82) is 0 Å². The highest BCUT2D eigenvalue weighted by molar-refractivity contribution is 5.71. The predicted octanol–water partition coefficient (Wildman–Crippen LogP) is 3.55. The Morgan fingerprint density at radius 1 is 0.941 bits per heavy atom. The Balaban J connectivity index is 2.47. The quantitative estimate of drug-likeness (QED) is 0.602. The molecule has 0 aliphatic heterocycles. The monoisotopic (exact) mass is 226 g/mol. The van der Waals surface area contributed by atoms with Gasteiger partial charge in [0.2, 0.25) is 0 Å². The molecule has 0 fully saturated rings. The Morgan fingerprint density at radius 2 is 1.59 bits per heavy atom. The van der Waals surface area contributed by atoms with Gasteiger partial charge >= 0.3 is 0 Å². The zero-order valence-electron chi connectivity index (χ0n) is 10.3. The fourth-order valence-corrected chi connectivity index (χ4v) is 1.26. The molecule has 0 radical (unpaired) electrons. The van der Waals surface area contributed by atoms with Crippen LogP contribution in [0.4, 0.5) is 5.69 Å². The van der Waals surface area contributed by atoms with Crippen LogP contribution in [-0.2, 0) is 0 Å². The van der Waals surface area contributed by atoms with Crippen LogP contribution in [0, 0.1) is 0 Å². The highest BCUT2D eigenvalue weighted by atomic mass is 14.8. The van der Waals surface area contributed by atoms with Crippen LogP contribution in [0.3, 0.4) is 0 Å². The largest absolute Gasteiger partial charge is 0.388 e. The van der Waals surface area contributed by atoms with E-state index in [0.717, 1.165) is 5.69 Å². The second-order valence-corrected chi connectivity index (χ2v) is 3.41. The lowest BCUT2D eigenvalue weighted by atomic mass is 10.2. The molecule has 0 amide bonds. The molecule has 0 heterocycles. The molecule has 0 saturated carbocycles. The van der Waals surface area contributed by atoms with Gasteiger partial charge in [0.05, 0.1) is 0 Å². The Bertz CT molecular complexity index is 423. The molecule has 2 nitrogen and oxygen atoms in total. The highest BCUT2D eigenvalue weighted by Crippen LogP contribution is 2.09. The summed E-state index contributed by atoms with van der Waals surface area (Å²) in [7, 11) is 3.67. The maximum Gasteiger partial charge on any atom is 0.0337 e. The van der Waals surface area contributed by atoms with E-state index < -0.39 is 0 Å². The van der Waals surface area contributed by atoms with Gasteiger partial charge in [-0.1, -0.05) is 42.5 Å². The molecule has 1 rings (SSSR count). The second-order valence-electron chi connectivity index (χ2n) is 3.41. The average Bonchev–Trinajstić information content (AvgIpc) is 2.38. The first-order valence-electron chi connectivity index (χ1n) is 5.57. The molecule has 0 bridgehead atoms. The number of hydrogen-bond acceptors (Lipinski definition) is 2. The van der Waals surface area contributed by atoms with Crippen LogP contribution in [0.2, 0.25) is 0 Å². The number of anilines is 1. The topological polar surface area (TPSA) is 24.4 Å². The zero-order valence-corrected chi connectivity index (χ0v) is 10.3. The van der Waals surface area contributed by atoms with Crippen LogP contribution in [0.15, 0.2) is 59.6 Å². The number of allylic oxidation sites excluding steroid dienone is 5. The van der Waals surface area contributed by atoms with Crippen molar-refractivity contribution in [1.82, 2.24) is 0 Å². The summed E-state index contributed by atoms with van der Waals surface area (Å²) in [6.07, 6.45) is 13.6. The molecule has 0 aromatic heterocycles. The van der Waals surface area contributed by atoms with Gasteiger partial charge in [0.1, 0.15) is 0 Å². The van der Waals surface area contributed by atoms with Crippen LogP contribution < -0.4 is 5.32 Å². The summed E-state index contributed by atoms with van der Waals surface area (Å²) >= 11 is 0. The lowest BCUT2D eigenvalue weighted by Crippen LogP contribution is -1.86. The van der Waals surface area contributed by atoms with Crippen LogP contribution >= 0.6 is 0 Å². The summed E-state index contributed by atoms with van der Waals surface area (Å²) < 4.78 is 0. The number of nitrogens with zero attached hydrogens (tertiary/aromatic N) is 1. The van der Waals surface area contributed by atoms with Crippen LogP contribution in [0.5, 0.6) is 0 Å². The van der Waals surface area contributed by atoms with Gasteiger partial charge in [-0.25, -0.2) is 0 Å². The van der Waals surface area contributed by atoms with Crippen LogP contribution in [-0.4, -0.2) is 20.3 Å². The van der Waals surface area contributed by atoms with Gasteiger partial charge < -0.3 is 5.32 Å². The first-order valence-corrected chi connectivity index (χ1v) is 5.57. The fourth-order valence-electron chi connectivity index (χ4n) is 1.26. The lowest BCUT2D eigenvalue weighted by molar-refractivity contribution is 1.48. The molecule has 0 saturated heterocycles. The minimum Gasteiger partial charge on any atom is -0.388 e. The molecule has 1 N–H and O–H groups in total. The fraction of sp³-hybridized carbons (Fsp3) is 0.133. The van der Waals surface area contributed by atoms with E-state index in [1.807, 2.05) is 37.4 Å². The molecule has 0 aliphatic rings. The summed E-state index contributed by atoms with van der Waals surface area (Å²) in [5, 5.41) is 3.09. The van der Waals surface area contributed by atoms with Crippen molar-refractivity contribution >= 4 is 18.0 Å². The van der Waals surface area contributed by atoms with Gasteiger partial charge in [-0.3, -0.25) is 4.99 Å². The molecule has 0 aliphatic carbocycles. The first-order chi connectivity index (χ1) is 8.36. The normalized spacial score (nSPS) is 12.4. The summed E-state index contributed by atoms with van der Waals surface area (Å²) in [6.45, 7) is 0. The van der Waals surface area contributed by atoms with Crippen molar-refractivity contribution in [3.63, 3.8) is 0 Å². The molecule has 1 aromatic rings. The number of nitrogens with one attached hydrogen (secondary N) is 1. The minimum atomic E-state index is 1.12. The number of benzene rings is 1. The van der Waals surface area contributed by atoms with Crippen molar-refractivity contribution in [2.75, 3.05) is 19.4 Å². The molecule has 0 spiro atoms. The van der Waals surface area contributed by atoms with E-state index in [1.54, 1.807) is 13.3 Å². The van der Waals surface area contributed by atoms with Gasteiger partial charge in [0.15, 0.2) is 0 Å². The Morgan fingerprint density at radius 3 is 2.24 bits per heavy atom. The van der Waals surface area contributed by atoms with Crippen LogP contribution in [0.1, 0.15) is 5.56 Å². The van der Waals surface area contributed by atoms with Gasteiger partial charge in [0, 0.05) is 26.0 Å². The van der Waals surface area contributed by atoms with Crippen molar-refractivity contribution in [3.05, 3.63) is 60.2 Å². The van der Waals surface area contributed by atoms with Crippen molar-refractivity contribution in [2.45, 2.75) is 0 Å². The van der Waals surface area contributed by atoms with E-state index in [4.69, 9.17) is 0 Å². The summed E-state index contributed by atoms with van der Waals surface area (Å²) in [5.41, 5.74) is 2.31. The van der Waals surface area contributed by atoms with Gasteiger partial charge in [-0.15, -0.1) is 0 Å². The Kier molecular flexibility index (Phi) is 6.19. The Hall–Kier alpha value is -2.09. The third-order valence-electron chi connectivity index (χ3n) is 2.17. The summed E-state index contributed by atoms with van der Waals surface area (Å²) in [6, 6.07) is 8.27. The molecular formula is C15H18N2. The van der Waals surface area contributed by atoms with Crippen molar-refractivity contribution in [3.8, 4) is 0 Å². The number of hydrogen-bond donors (Lipinski definition) is 1. The lowest BCUT2D eigenvalue weighted by Gasteiger charge is -1.98. The highest BCUT2D eigenvalue weighted by Gasteiger charge is 1.86. The average molecular weight is 226 g/mol. The molecule has 17 heavy (non-hydrogen) atoms. The first kappa shape index (κ1) is 13.0. The van der Waals surface area contributed by atoms with E-state index in [1.165, 1.54) is 5.56 Å². The van der Waals surface area contributed by atoms with Crippen molar-refractivity contribution in [2.24, 2.45) is 4.99 Å². The molecule has 2 heteroatoms. The third kappa shape index (κ3) is 5.52. The van der Waals surface area contributed by atoms with E-state index in [-0.39, 0.29) is 0 Å². The number of rotatable bonds is 5. The van der Waals surface area contributed by atoms with E-state index in [9.17, 15) is 0 Å². The van der Waals surface area contributed by atoms with Gasteiger partial charge in [-0.05, 0) is 23.8 Å². The summed E-state index contributed by atoms with van der Waals surface area (Å²) in [4.78, 5) is 3.85. The summed E-state index contributed by atoms with van der Waals surface area (Å²) in [5.74, 6) is 0. The zero-order chi connectivity index (χ0) is 12.3. The maximum absolute atomic E-state index is 3.85. The molecule has 0 atom stereocenters. The molecule has 1 aromatic carbocycles. The molecule has 0 unspecified atom stereocenters. The van der Waals surface area contributed by atoms with Crippen LogP contribution in [0.25, 0.3) is 6.08 Å². The molecule has 88 valence electrons. The smallest absolute Gasteiger partial charge is 0.0337 e. The Labute approximate surface area is 103 Å². The minimum absolute atomic E-state index is 1.12. The maximum atomic E-state index is 3.85. The standard InChI is InChI=1S/C15H18N2/c1-16-13-7-5-3-4-6-8-14-9-11-15(17-2)12-10-14/h3-13,17H,1-2H3/b4-3+,7-5-,8-6+,16-13?. The van der Waals surface area contributed by atoms with Crippen molar-refractivity contribution < 1.29 is 0 Å². The van der Waals surface area contributed by atoms with E-state index in [0.29, 0.717) is 0 Å². The van der Waals surface area contributed by atoms with E-state index >= 15 is 0 Å². The van der Waals surface area contributed by atoms with E-state index in [2.05, 4.69) is 40.7 Å². The van der Waals surface area contributed by atoms with Gasteiger partial charge in [0.25, 0.3) is 0 Å². The van der Waals surface area contributed by atoms with Gasteiger partial charge in [-0.2, -0.15) is 0 Å². The number of aliphatic imine (C=N–C) groups is 1. The third-order valence-corrected chi connectivity index (χ3v) is 2.17. The predicted molar refractivity (Wildman–Crippen MR) is 77.7 cm³/mol. The SMILES string of the molecule is CN=C\C=C/C=C/C=C/c1ccc(NC)cc1. The second kappa shape index (κ2) is 8.11.